The second kappa shape index (κ2) is 9.56. The molecule has 4 rings (SSSR count). The van der Waals surface area contributed by atoms with Gasteiger partial charge in [0, 0.05) is 19.3 Å². The molecule has 2 fully saturated rings. The molecule has 200 valence electrons. The Morgan fingerprint density at radius 2 is 1.84 bits per heavy atom. The number of nitrogens with zero attached hydrogens (tertiary/aromatic N) is 3. The first-order valence-corrected chi connectivity index (χ1v) is 12.7. The van der Waals surface area contributed by atoms with Crippen molar-refractivity contribution in [3.8, 4) is 0 Å². The molecule has 9 nitrogen and oxygen atoms in total. The number of amides is 3. The lowest BCUT2D eigenvalue weighted by Gasteiger charge is -2.29. The van der Waals surface area contributed by atoms with Crippen molar-refractivity contribution in [2.45, 2.75) is 55.0 Å². The molecule has 0 radical (unpaired) electrons. The van der Waals surface area contributed by atoms with Crippen LogP contribution in [-0.2, 0) is 25.9 Å². The number of hydrogen-bond donors (Lipinski definition) is 1. The number of hydrogen-bond acceptors (Lipinski definition) is 7. The fraction of sp³-hybridized carbons (Fsp3) is 0.435. The minimum Gasteiger partial charge on any atom is -0.378 e. The Bertz CT molecular complexity index is 1300. The fourth-order valence-corrected chi connectivity index (χ4v) is 4.89. The molecule has 2 aliphatic heterocycles. The summed E-state index contributed by atoms with van der Waals surface area (Å²) in [4.78, 5) is 31.7. The Balaban J connectivity index is 1.55. The van der Waals surface area contributed by atoms with Crippen molar-refractivity contribution in [2.75, 3.05) is 23.4 Å². The number of pyridine rings is 1. The molecular weight excluding hydrogens is 520 g/mol. The van der Waals surface area contributed by atoms with Crippen molar-refractivity contribution >= 4 is 33.3 Å². The molecule has 1 aromatic heterocycles. The fourth-order valence-electron chi connectivity index (χ4n) is 4.13. The second-order valence-electron chi connectivity index (χ2n) is 9.19. The lowest BCUT2D eigenvalue weighted by Crippen LogP contribution is -2.43. The van der Waals surface area contributed by atoms with Gasteiger partial charge in [-0.15, -0.1) is 0 Å². The molecule has 0 saturated carbocycles. The van der Waals surface area contributed by atoms with E-state index < -0.39 is 49.9 Å². The van der Waals surface area contributed by atoms with Crippen LogP contribution in [0, 0.1) is 0 Å². The zero-order valence-corrected chi connectivity index (χ0v) is 20.6. The highest BCUT2D eigenvalue weighted by molar-refractivity contribution is 7.92. The smallest absolute Gasteiger partial charge is 0.378 e. The standard InChI is InChI=1S/C23H24F4N4O5S/c1-22(2)20(32)31(15-3-5-16(6-4-15)37(34,35)23(25,26)27)21(33)30(22)12-14-7-9-28-19(11-14)29-18-8-10-36-13-17(18)24/h3-7,9,11,17-18H,8,10,12-13H2,1-2H3,(H,28,29)/t17-,18-/m0/s1. The number of alkyl halides is 4. The molecule has 2 aliphatic rings. The van der Waals surface area contributed by atoms with Crippen LogP contribution in [0.5, 0.6) is 0 Å². The maximum absolute atomic E-state index is 14.1. The number of anilines is 2. The van der Waals surface area contributed by atoms with Gasteiger partial charge < -0.3 is 15.0 Å². The third-order valence-electron chi connectivity index (χ3n) is 6.32. The van der Waals surface area contributed by atoms with Crippen LogP contribution >= 0.6 is 0 Å². The van der Waals surface area contributed by atoms with Crippen molar-refractivity contribution < 1.29 is 40.3 Å². The number of sulfone groups is 1. The second-order valence-corrected chi connectivity index (χ2v) is 11.1. The van der Waals surface area contributed by atoms with Crippen LogP contribution in [-0.4, -0.2) is 66.7 Å². The number of rotatable bonds is 6. The first kappa shape index (κ1) is 26.8. The summed E-state index contributed by atoms with van der Waals surface area (Å²) in [6.07, 6.45) is 0.732. The summed E-state index contributed by atoms with van der Waals surface area (Å²) in [7, 11) is -5.58. The van der Waals surface area contributed by atoms with Gasteiger partial charge >= 0.3 is 11.5 Å². The van der Waals surface area contributed by atoms with E-state index >= 15 is 0 Å². The molecule has 0 unspecified atom stereocenters. The van der Waals surface area contributed by atoms with Crippen LogP contribution in [0.3, 0.4) is 0 Å². The predicted molar refractivity (Wildman–Crippen MR) is 124 cm³/mol. The highest BCUT2D eigenvalue weighted by Crippen LogP contribution is 2.35. The largest absolute Gasteiger partial charge is 0.501 e. The van der Waals surface area contributed by atoms with Crippen LogP contribution in [0.1, 0.15) is 25.8 Å². The van der Waals surface area contributed by atoms with Crippen molar-refractivity contribution in [3.05, 3.63) is 48.2 Å². The highest BCUT2D eigenvalue weighted by atomic mass is 32.2. The van der Waals surface area contributed by atoms with Gasteiger partial charge in [-0.05, 0) is 62.2 Å². The summed E-state index contributed by atoms with van der Waals surface area (Å²) < 4.78 is 81.0. The summed E-state index contributed by atoms with van der Waals surface area (Å²) in [5.41, 5.74) is -6.28. The van der Waals surface area contributed by atoms with Gasteiger partial charge in [0.2, 0.25) is 0 Å². The number of imide groups is 1. The average molecular weight is 545 g/mol. The average Bonchev–Trinajstić information content (AvgIpc) is 2.99. The zero-order chi connectivity index (χ0) is 27.2. The van der Waals surface area contributed by atoms with E-state index in [0.29, 0.717) is 36.5 Å². The summed E-state index contributed by atoms with van der Waals surface area (Å²) in [5, 5.41) is 3.02. The summed E-state index contributed by atoms with van der Waals surface area (Å²) in [6, 6.07) is 5.40. The van der Waals surface area contributed by atoms with Crippen LogP contribution in [0.4, 0.5) is 33.9 Å². The van der Waals surface area contributed by atoms with Crippen molar-refractivity contribution in [1.82, 2.24) is 9.88 Å². The maximum atomic E-state index is 14.1. The molecule has 3 amide bonds. The summed E-state index contributed by atoms with van der Waals surface area (Å²) in [6.45, 7) is 3.42. The molecule has 37 heavy (non-hydrogen) atoms. The molecule has 1 aromatic carbocycles. The number of benzene rings is 1. The minimum atomic E-state index is -5.58. The van der Waals surface area contributed by atoms with Crippen molar-refractivity contribution in [3.63, 3.8) is 0 Å². The first-order valence-electron chi connectivity index (χ1n) is 11.2. The molecule has 3 heterocycles. The maximum Gasteiger partial charge on any atom is 0.501 e. The third kappa shape index (κ3) is 4.99. The molecule has 2 atom stereocenters. The van der Waals surface area contributed by atoms with Gasteiger partial charge in [-0.2, -0.15) is 13.2 Å². The lowest BCUT2D eigenvalue weighted by atomic mass is 10.0. The van der Waals surface area contributed by atoms with Gasteiger partial charge in [0.1, 0.15) is 17.5 Å². The van der Waals surface area contributed by atoms with Gasteiger partial charge in [-0.25, -0.2) is 27.5 Å². The molecule has 0 aliphatic carbocycles. The van der Waals surface area contributed by atoms with Gasteiger partial charge in [-0.3, -0.25) is 4.79 Å². The zero-order valence-electron chi connectivity index (χ0n) is 19.8. The van der Waals surface area contributed by atoms with E-state index in [1.165, 1.54) is 24.9 Å². The highest BCUT2D eigenvalue weighted by Gasteiger charge is 2.52. The molecule has 0 spiro atoms. The Labute approximate surface area is 210 Å². The molecule has 1 N–H and O–H groups in total. The lowest BCUT2D eigenvalue weighted by molar-refractivity contribution is -0.123. The Morgan fingerprint density at radius 1 is 1.16 bits per heavy atom. The number of carbonyl (C=O) groups is 2. The van der Waals surface area contributed by atoms with Crippen LogP contribution in [0.2, 0.25) is 0 Å². The van der Waals surface area contributed by atoms with E-state index in [-0.39, 0.29) is 18.8 Å². The molecule has 2 aromatic rings. The Morgan fingerprint density at radius 3 is 2.46 bits per heavy atom. The number of halogens is 4. The van der Waals surface area contributed by atoms with Gasteiger partial charge in [-0.1, -0.05) is 0 Å². The normalized spacial score (nSPS) is 22.4. The number of aromatic nitrogens is 1. The predicted octanol–water partition coefficient (Wildman–Crippen LogP) is 3.66. The molecule has 14 heteroatoms. The van der Waals surface area contributed by atoms with Gasteiger partial charge in [0.05, 0.1) is 23.2 Å². The molecule has 2 saturated heterocycles. The van der Waals surface area contributed by atoms with Crippen LogP contribution in [0.25, 0.3) is 0 Å². The minimum absolute atomic E-state index is 0.0152. The molecular formula is C23H24F4N4O5S. The number of nitrogens with one attached hydrogen (secondary N) is 1. The Kier molecular flexibility index (Phi) is 6.92. The topological polar surface area (TPSA) is 109 Å². The number of ether oxygens (including phenoxy) is 1. The van der Waals surface area contributed by atoms with Crippen LogP contribution < -0.4 is 10.2 Å². The van der Waals surface area contributed by atoms with Gasteiger partial charge in [0.15, 0.2) is 0 Å². The monoisotopic (exact) mass is 544 g/mol. The van der Waals surface area contributed by atoms with Crippen molar-refractivity contribution in [1.29, 1.82) is 0 Å². The first-order chi connectivity index (χ1) is 17.2. The SMILES string of the molecule is CC1(C)C(=O)N(c2ccc(S(=O)(=O)C(F)(F)F)cc2)C(=O)N1Cc1ccnc(N[C@H]2CCOC[C@@H]2F)c1. The van der Waals surface area contributed by atoms with E-state index in [1.807, 2.05) is 0 Å². The van der Waals surface area contributed by atoms with Crippen LogP contribution in [0.15, 0.2) is 47.5 Å². The quantitative estimate of drug-likeness (QED) is 0.437. The van der Waals surface area contributed by atoms with E-state index in [1.54, 1.807) is 12.1 Å². The van der Waals surface area contributed by atoms with E-state index in [2.05, 4.69) is 10.3 Å². The number of carbonyl (C=O) groups excluding carboxylic acids is 2. The Hall–Kier alpha value is -3.26. The van der Waals surface area contributed by atoms with E-state index in [0.717, 1.165) is 17.0 Å². The van der Waals surface area contributed by atoms with Crippen molar-refractivity contribution in [2.24, 2.45) is 0 Å². The third-order valence-corrected chi connectivity index (χ3v) is 7.82. The number of urea groups is 1. The van der Waals surface area contributed by atoms with E-state index in [9.17, 15) is 35.6 Å². The summed E-state index contributed by atoms with van der Waals surface area (Å²) >= 11 is 0. The van der Waals surface area contributed by atoms with E-state index in [4.69, 9.17) is 4.74 Å². The summed E-state index contributed by atoms with van der Waals surface area (Å²) in [5.74, 6) is -0.250. The van der Waals surface area contributed by atoms with Gasteiger partial charge in [0.25, 0.3) is 15.7 Å². The molecule has 0 bridgehead atoms.